The molecule has 0 amide bonds. The molecule has 2 aliphatic rings. The van der Waals surface area contributed by atoms with Crippen LogP contribution in [-0.4, -0.2) is 41.3 Å². The SMILES string of the molecule is C=C(c1ccc(F)c(F)c1Nc1ccc(I)cc1F)N1CC(O)([C@@H]2CCCCN2)C1. The first-order chi connectivity index (χ1) is 14.3. The summed E-state index contributed by atoms with van der Waals surface area (Å²) < 4.78 is 43.6. The van der Waals surface area contributed by atoms with Crippen molar-refractivity contribution in [3.63, 3.8) is 0 Å². The highest BCUT2D eigenvalue weighted by Crippen LogP contribution is 2.38. The van der Waals surface area contributed by atoms with Crippen LogP contribution in [-0.2, 0) is 0 Å². The molecule has 0 bridgehead atoms. The Balaban J connectivity index is 1.57. The molecule has 0 spiro atoms. The van der Waals surface area contributed by atoms with Gasteiger partial charge in [0.25, 0.3) is 0 Å². The third kappa shape index (κ3) is 4.04. The highest BCUT2D eigenvalue weighted by Gasteiger charge is 2.48. The van der Waals surface area contributed by atoms with Crippen molar-refractivity contribution in [1.29, 1.82) is 0 Å². The predicted octanol–water partition coefficient (Wildman–Crippen LogP) is 4.61. The highest BCUT2D eigenvalue weighted by molar-refractivity contribution is 14.1. The Bertz CT molecular complexity index is 972. The number of hydrogen-bond donors (Lipinski definition) is 3. The average molecular weight is 529 g/mol. The first-order valence-corrected chi connectivity index (χ1v) is 11.0. The highest BCUT2D eigenvalue weighted by atomic mass is 127. The molecule has 4 rings (SSSR count). The van der Waals surface area contributed by atoms with Crippen LogP contribution in [0.25, 0.3) is 5.70 Å². The number of hydrogen-bond acceptors (Lipinski definition) is 4. The van der Waals surface area contributed by atoms with Gasteiger partial charge in [0.2, 0.25) is 0 Å². The van der Waals surface area contributed by atoms with Crippen LogP contribution in [0.2, 0.25) is 0 Å². The lowest BCUT2D eigenvalue weighted by Crippen LogP contribution is -2.70. The normalized spacial score (nSPS) is 20.6. The van der Waals surface area contributed by atoms with Crippen molar-refractivity contribution < 1.29 is 18.3 Å². The number of piperidine rings is 1. The largest absolute Gasteiger partial charge is 0.385 e. The van der Waals surface area contributed by atoms with Crippen LogP contribution < -0.4 is 10.6 Å². The van der Waals surface area contributed by atoms with E-state index >= 15 is 0 Å². The van der Waals surface area contributed by atoms with E-state index in [0.29, 0.717) is 27.9 Å². The second-order valence-corrected chi connectivity index (χ2v) is 9.19. The fraction of sp³-hybridized carbons (Fsp3) is 0.364. The molecule has 0 aromatic heterocycles. The van der Waals surface area contributed by atoms with Gasteiger partial charge in [-0.2, -0.15) is 0 Å². The zero-order chi connectivity index (χ0) is 21.5. The molecule has 3 N–H and O–H groups in total. The zero-order valence-corrected chi connectivity index (χ0v) is 18.5. The quantitative estimate of drug-likeness (QED) is 0.496. The smallest absolute Gasteiger partial charge is 0.182 e. The molecule has 0 saturated carbocycles. The maximum Gasteiger partial charge on any atom is 0.182 e. The van der Waals surface area contributed by atoms with Crippen molar-refractivity contribution in [1.82, 2.24) is 10.2 Å². The summed E-state index contributed by atoms with van der Waals surface area (Å²) in [5.41, 5.74) is -0.238. The van der Waals surface area contributed by atoms with E-state index in [4.69, 9.17) is 0 Å². The van der Waals surface area contributed by atoms with E-state index < -0.39 is 23.1 Å². The lowest BCUT2D eigenvalue weighted by Gasteiger charge is -2.53. The molecular formula is C22H23F3IN3O. The van der Waals surface area contributed by atoms with Crippen LogP contribution in [0.4, 0.5) is 24.5 Å². The Kier molecular flexibility index (Phi) is 6.00. The maximum absolute atomic E-state index is 14.7. The summed E-state index contributed by atoms with van der Waals surface area (Å²) in [6, 6.07) is 6.92. The monoisotopic (exact) mass is 529 g/mol. The van der Waals surface area contributed by atoms with E-state index in [1.165, 1.54) is 18.2 Å². The molecule has 2 saturated heterocycles. The second kappa shape index (κ2) is 8.39. The van der Waals surface area contributed by atoms with Crippen LogP contribution in [0.15, 0.2) is 36.9 Å². The molecule has 0 unspecified atom stereocenters. The van der Waals surface area contributed by atoms with Gasteiger partial charge in [-0.05, 0) is 72.3 Å². The number of aliphatic hydroxyl groups is 1. The molecule has 2 fully saturated rings. The molecule has 1 atom stereocenters. The average Bonchev–Trinajstić information content (AvgIpc) is 2.71. The van der Waals surface area contributed by atoms with Crippen LogP contribution in [0.1, 0.15) is 24.8 Å². The minimum absolute atomic E-state index is 0.0127. The molecule has 30 heavy (non-hydrogen) atoms. The van der Waals surface area contributed by atoms with Gasteiger partial charge < -0.3 is 20.6 Å². The summed E-state index contributed by atoms with van der Waals surface area (Å²) >= 11 is 1.97. The van der Waals surface area contributed by atoms with Gasteiger partial charge in [-0.25, -0.2) is 13.2 Å². The van der Waals surface area contributed by atoms with Crippen LogP contribution in [0.5, 0.6) is 0 Å². The summed E-state index contributed by atoms with van der Waals surface area (Å²) in [5.74, 6) is -2.70. The second-order valence-electron chi connectivity index (χ2n) is 7.94. The van der Waals surface area contributed by atoms with Gasteiger partial charge in [-0.1, -0.05) is 13.0 Å². The number of nitrogens with one attached hydrogen (secondary N) is 2. The summed E-state index contributed by atoms with van der Waals surface area (Å²) in [4.78, 5) is 1.83. The third-order valence-electron chi connectivity index (χ3n) is 5.87. The van der Waals surface area contributed by atoms with Crippen molar-refractivity contribution >= 4 is 39.7 Å². The van der Waals surface area contributed by atoms with Crippen LogP contribution in [0.3, 0.4) is 0 Å². The van der Waals surface area contributed by atoms with Gasteiger partial charge in [0.1, 0.15) is 11.4 Å². The molecule has 2 aromatic rings. The number of anilines is 2. The fourth-order valence-corrected chi connectivity index (χ4v) is 4.60. The van der Waals surface area contributed by atoms with Gasteiger partial charge in [0, 0.05) is 20.9 Å². The Hall–Kier alpha value is -1.78. The van der Waals surface area contributed by atoms with Crippen molar-refractivity contribution in [3.05, 3.63) is 63.5 Å². The summed E-state index contributed by atoms with van der Waals surface area (Å²) in [5, 5.41) is 17.0. The van der Waals surface area contributed by atoms with E-state index in [1.54, 1.807) is 6.07 Å². The number of halogens is 4. The van der Waals surface area contributed by atoms with Gasteiger partial charge in [-0.15, -0.1) is 0 Å². The number of nitrogens with zero attached hydrogens (tertiary/aromatic N) is 1. The number of β-amino-alcohol motifs (C(OH)–C–C–N with tert-alkyl or cyclic N) is 1. The summed E-state index contributed by atoms with van der Waals surface area (Å²) in [6.07, 6.45) is 3.07. The zero-order valence-electron chi connectivity index (χ0n) is 16.3. The fourth-order valence-electron chi connectivity index (χ4n) is 4.15. The topological polar surface area (TPSA) is 47.5 Å². The summed E-state index contributed by atoms with van der Waals surface area (Å²) in [7, 11) is 0. The van der Waals surface area contributed by atoms with E-state index in [0.717, 1.165) is 31.9 Å². The minimum atomic E-state index is -1.10. The Morgan fingerprint density at radius 3 is 2.60 bits per heavy atom. The van der Waals surface area contributed by atoms with Gasteiger partial charge >= 0.3 is 0 Å². The van der Waals surface area contributed by atoms with Gasteiger partial charge in [-0.3, -0.25) is 0 Å². The summed E-state index contributed by atoms with van der Waals surface area (Å²) in [6.45, 7) is 5.61. The van der Waals surface area contributed by atoms with Crippen molar-refractivity contribution in [2.75, 3.05) is 25.0 Å². The van der Waals surface area contributed by atoms with Crippen LogP contribution >= 0.6 is 22.6 Å². The lowest BCUT2D eigenvalue weighted by molar-refractivity contribution is -0.101. The molecule has 4 nitrogen and oxygen atoms in total. The van der Waals surface area contributed by atoms with Crippen molar-refractivity contribution in [2.24, 2.45) is 0 Å². The van der Waals surface area contributed by atoms with E-state index in [1.807, 2.05) is 27.5 Å². The van der Waals surface area contributed by atoms with Crippen molar-refractivity contribution in [2.45, 2.75) is 30.9 Å². The van der Waals surface area contributed by atoms with Crippen LogP contribution in [0, 0.1) is 21.0 Å². The van der Waals surface area contributed by atoms with Gasteiger partial charge in [0.05, 0.1) is 24.5 Å². The third-order valence-corrected chi connectivity index (χ3v) is 6.54. The molecule has 2 aliphatic heterocycles. The van der Waals surface area contributed by atoms with Gasteiger partial charge in [0.15, 0.2) is 11.6 Å². The number of rotatable bonds is 5. The van der Waals surface area contributed by atoms with E-state index in [9.17, 15) is 18.3 Å². The molecular weight excluding hydrogens is 506 g/mol. The Labute approximate surface area is 187 Å². The van der Waals surface area contributed by atoms with Crippen molar-refractivity contribution in [3.8, 4) is 0 Å². The lowest BCUT2D eigenvalue weighted by atomic mass is 9.81. The maximum atomic E-state index is 14.7. The number of likely N-dealkylation sites (tertiary alicyclic amines) is 1. The molecule has 2 aromatic carbocycles. The Morgan fingerprint density at radius 1 is 1.17 bits per heavy atom. The first-order valence-electron chi connectivity index (χ1n) is 9.88. The predicted molar refractivity (Wildman–Crippen MR) is 120 cm³/mol. The molecule has 0 aliphatic carbocycles. The standard InChI is InChI=1S/C22H23F3IN3O/c1-13(29-11-22(30,12-29)19-4-2-3-9-27-19)15-6-7-16(23)20(25)21(15)28-18-8-5-14(26)10-17(18)24/h5-8,10,19,27-28,30H,1-4,9,11-12H2/t19-/m0/s1. The molecule has 0 radical (unpaired) electrons. The first kappa shape index (κ1) is 21.5. The molecule has 2 heterocycles. The van der Waals surface area contributed by atoms with E-state index in [2.05, 4.69) is 17.2 Å². The molecule has 160 valence electrons. The van der Waals surface area contributed by atoms with E-state index in [-0.39, 0.29) is 17.4 Å². The minimum Gasteiger partial charge on any atom is -0.385 e. The number of benzene rings is 2. The Morgan fingerprint density at radius 2 is 1.93 bits per heavy atom. The molecule has 8 heteroatoms.